The van der Waals surface area contributed by atoms with Gasteiger partial charge in [0.1, 0.15) is 17.3 Å². The SMILES string of the molecule is C=C(C(=O)OC1CCC(S(=O)(=O)O)CC1)C12CC1CC(C(=O)CC)(C(=O)OC)C2. The van der Waals surface area contributed by atoms with Crippen molar-refractivity contribution in [1.82, 2.24) is 0 Å². The highest BCUT2D eigenvalue weighted by atomic mass is 32.2. The molecule has 0 saturated heterocycles. The Hall–Kier alpha value is -1.74. The highest BCUT2D eigenvalue weighted by Gasteiger charge is 2.71. The van der Waals surface area contributed by atoms with Crippen LogP contribution in [0.25, 0.3) is 0 Å². The monoisotopic (exact) mass is 428 g/mol. The lowest BCUT2D eigenvalue weighted by molar-refractivity contribution is -0.159. The first-order chi connectivity index (χ1) is 13.5. The number of fused-ring (bicyclic) bond motifs is 1. The van der Waals surface area contributed by atoms with Crippen LogP contribution in [0, 0.1) is 16.7 Å². The van der Waals surface area contributed by atoms with Crippen LogP contribution in [0.3, 0.4) is 0 Å². The van der Waals surface area contributed by atoms with Gasteiger partial charge in [-0.15, -0.1) is 0 Å². The summed E-state index contributed by atoms with van der Waals surface area (Å²) in [5.41, 5.74) is -1.56. The predicted molar refractivity (Wildman–Crippen MR) is 102 cm³/mol. The van der Waals surface area contributed by atoms with Gasteiger partial charge in [-0.3, -0.25) is 14.1 Å². The smallest absolute Gasteiger partial charge is 0.334 e. The van der Waals surface area contributed by atoms with Gasteiger partial charge in [0, 0.05) is 17.4 Å². The lowest BCUT2D eigenvalue weighted by Gasteiger charge is -2.29. The maximum Gasteiger partial charge on any atom is 0.334 e. The molecule has 3 fully saturated rings. The molecule has 0 bridgehead atoms. The molecule has 0 heterocycles. The van der Waals surface area contributed by atoms with Crippen LogP contribution in [0.1, 0.15) is 58.3 Å². The standard InChI is InChI=1S/C20H28O8S/c1-4-16(21)20(18(23)27-3)10-13-9-19(13,11-20)12(2)17(22)28-14-5-7-15(8-6-14)29(24,25)26/h13-15H,2,4-11H2,1,3H3,(H,24,25,26). The van der Waals surface area contributed by atoms with Gasteiger partial charge in [-0.25, -0.2) is 4.79 Å². The third-order valence-corrected chi connectivity index (χ3v) is 8.35. The van der Waals surface area contributed by atoms with E-state index < -0.39 is 44.2 Å². The van der Waals surface area contributed by atoms with Gasteiger partial charge < -0.3 is 9.47 Å². The fourth-order valence-electron chi connectivity index (χ4n) is 5.26. The van der Waals surface area contributed by atoms with Crippen molar-refractivity contribution in [3.8, 4) is 0 Å². The number of ketones is 1. The van der Waals surface area contributed by atoms with Gasteiger partial charge >= 0.3 is 11.9 Å². The number of hydrogen-bond donors (Lipinski definition) is 1. The van der Waals surface area contributed by atoms with Gasteiger partial charge in [0.25, 0.3) is 10.1 Å². The first kappa shape index (κ1) is 22.0. The fraction of sp³-hybridized carbons (Fsp3) is 0.750. The van der Waals surface area contributed by atoms with E-state index in [1.54, 1.807) is 6.92 Å². The molecule has 0 aromatic heterocycles. The third-order valence-electron chi connectivity index (χ3n) is 7.04. The summed E-state index contributed by atoms with van der Waals surface area (Å²) in [5, 5.41) is -0.817. The first-order valence-corrected chi connectivity index (χ1v) is 11.5. The highest BCUT2D eigenvalue weighted by molar-refractivity contribution is 7.86. The van der Waals surface area contributed by atoms with Gasteiger partial charge in [0.05, 0.1) is 12.4 Å². The Balaban J connectivity index is 1.65. The van der Waals surface area contributed by atoms with Crippen molar-refractivity contribution < 1.29 is 36.8 Å². The molecule has 3 aliphatic rings. The summed E-state index contributed by atoms with van der Waals surface area (Å²) in [5.74, 6) is -1.28. The minimum Gasteiger partial charge on any atom is -0.468 e. The Morgan fingerprint density at radius 1 is 1.14 bits per heavy atom. The van der Waals surface area contributed by atoms with Crippen LogP contribution in [-0.2, 0) is 34.0 Å². The van der Waals surface area contributed by atoms with E-state index in [4.69, 9.17) is 14.0 Å². The minimum atomic E-state index is -4.08. The Labute approximate surface area is 170 Å². The molecule has 8 nitrogen and oxygen atoms in total. The van der Waals surface area contributed by atoms with E-state index in [-0.39, 0.29) is 43.0 Å². The molecule has 1 N–H and O–H groups in total. The molecular formula is C20H28O8S. The molecule has 0 spiro atoms. The second-order valence-corrected chi connectivity index (χ2v) is 10.3. The lowest BCUT2D eigenvalue weighted by atomic mass is 9.75. The Morgan fingerprint density at radius 3 is 2.28 bits per heavy atom. The zero-order valence-corrected chi connectivity index (χ0v) is 17.6. The quantitative estimate of drug-likeness (QED) is 0.283. The number of hydrogen-bond acceptors (Lipinski definition) is 7. The molecule has 29 heavy (non-hydrogen) atoms. The van der Waals surface area contributed by atoms with E-state index >= 15 is 0 Å². The zero-order chi connectivity index (χ0) is 21.6. The normalized spacial score (nSPS) is 36.0. The van der Waals surface area contributed by atoms with Gasteiger partial charge in [-0.1, -0.05) is 13.5 Å². The van der Waals surface area contributed by atoms with Crippen molar-refractivity contribution in [2.75, 3.05) is 7.11 Å². The van der Waals surface area contributed by atoms with Gasteiger partial charge in [-0.2, -0.15) is 8.42 Å². The van der Waals surface area contributed by atoms with Crippen LogP contribution in [0.4, 0.5) is 0 Å². The lowest BCUT2D eigenvalue weighted by Crippen LogP contribution is -2.40. The summed E-state index contributed by atoms with van der Waals surface area (Å²) in [7, 11) is -2.82. The van der Waals surface area contributed by atoms with Crippen LogP contribution in [-0.4, -0.2) is 49.2 Å². The Morgan fingerprint density at radius 2 is 1.76 bits per heavy atom. The molecule has 3 aliphatic carbocycles. The van der Waals surface area contributed by atoms with E-state index in [9.17, 15) is 22.8 Å². The van der Waals surface area contributed by atoms with E-state index in [0.717, 1.165) is 0 Å². The molecule has 0 aromatic carbocycles. The molecule has 162 valence electrons. The number of carbonyl (C=O) groups excluding carboxylic acids is 3. The van der Waals surface area contributed by atoms with Crippen molar-refractivity contribution in [2.24, 2.45) is 16.7 Å². The summed E-state index contributed by atoms with van der Waals surface area (Å²) in [6.07, 6.45) is 2.19. The fourth-order valence-corrected chi connectivity index (χ4v) is 6.13. The summed E-state index contributed by atoms with van der Waals surface area (Å²) in [6, 6.07) is 0. The maximum absolute atomic E-state index is 12.7. The van der Waals surface area contributed by atoms with Crippen LogP contribution in [0.2, 0.25) is 0 Å². The van der Waals surface area contributed by atoms with Crippen molar-refractivity contribution in [3.05, 3.63) is 12.2 Å². The second-order valence-electron chi connectivity index (χ2n) is 8.59. The van der Waals surface area contributed by atoms with Gasteiger partial charge in [0.15, 0.2) is 0 Å². The average Bonchev–Trinajstić information content (AvgIpc) is 3.27. The summed E-state index contributed by atoms with van der Waals surface area (Å²) >= 11 is 0. The van der Waals surface area contributed by atoms with E-state index in [2.05, 4.69) is 6.58 Å². The number of ether oxygens (including phenoxy) is 2. The number of rotatable bonds is 7. The Kier molecular flexibility index (Phi) is 5.68. The molecule has 3 unspecified atom stereocenters. The van der Waals surface area contributed by atoms with Crippen molar-refractivity contribution in [3.63, 3.8) is 0 Å². The number of carbonyl (C=O) groups is 3. The van der Waals surface area contributed by atoms with Crippen LogP contribution in [0.15, 0.2) is 12.2 Å². The number of methoxy groups -OCH3 is 1. The predicted octanol–water partition coefficient (Wildman–Crippen LogP) is 2.22. The van der Waals surface area contributed by atoms with Crippen molar-refractivity contribution in [2.45, 2.75) is 69.6 Å². The Bertz CT molecular complexity index is 821. The largest absolute Gasteiger partial charge is 0.468 e. The highest BCUT2D eigenvalue weighted by Crippen LogP contribution is 2.73. The molecule has 0 radical (unpaired) electrons. The second kappa shape index (κ2) is 7.50. The van der Waals surface area contributed by atoms with Gasteiger partial charge in [-0.05, 0) is 50.9 Å². The zero-order valence-electron chi connectivity index (χ0n) is 16.8. The van der Waals surface area contributed by atoms with Crippen molar-refractivity contribution >= 4 is 27.8 Å². The summed E-state index contributed by atoms with van der Waals surface area (Å²) < 4.78 is 42.1. The minimum absolute atomic E-state index is 0.0208. The topological polar surface area (TPSA) is 124 Å². The molecular weight excluding hydrogens is 400 g/mol. The number of Topliss-reactive ketones (excluding diaryl/α,β-unsaturated/α-hetero) is 1. The van der Waals surface area contributed by atoms with E-state index in [1.165, 1.54) is 7.11 Å². The maximum atomic E-state index is 12.7. The summed E-state index contributed by atoms with van der Waals surface area (Å²) in [4.78, 5) is 37.7. The summed E-state index contributed by atoms with van der Waals surface area (Å²) in [6.45, 7) is 5.64. The van der Waals surface area contributed by atoms with Crippen LogP contribution in [0.5, 0.6) is 0 Å². The first-order valence-electron chi connectivity index (χ1n) is 9.98. The molecule has 0 aromatic rings. The van der Waals surface area contributed by atoms with E-state index in [1.807, 2.05) is 0 Å². The molecule has 0 aliphatic heterocycles. The number of esters is 2. The van der Waals surface area contributed by atoms with Crippen molar-refractivity contribution in [1.29, 1.82) is 0 Å². The molecule has 3 rings (SSSR count). The van der Waals surface area contributed by atoms with Gasteiger partial charge in [0.2, 0.25) is 0 Å². The van der Waals surface area contributed by atoms with E-state index in [0.29, 0.717) is 25.7 Å². The molecule has 3 atom stereocenters. The average molecular weight is 429 g/mol. The van der Waals surface area contributed by atoms with Crippen LogP contribution >= 0.6 is 0 Å². The van der Waals surface area contributed by atoms with Crippen LogP contribution < -0.4 is 0 Å². The molecule has 9 heteroatoms. The molecule has 0 amide bonds. The molecule has 3 saturated carbocycles. The third kappa shape index (κ3) is 3.74.